The molecule has 0 radical (unpaired) electrons. The number of rotatable bonds is 7. The van der Waals surface area contributed by atoms with Crippen molar-refractivity contribution in [2.24, 2.45) is 23.2 Å². The largest absolute Gasteiger partial charge is 0.372 e. The van der Waals surface area contributed by atoms with E-state index in [4.69, 9.17) is 4.74 Å². The molecule has 3 nitrogen and oxygen atoms in total. The Hall–Kier alpha value is -1.35. The quantitative estimate of drug-likeness (QED) is 0.757. The summed E-state index contributed by atoms with van der Waals surface area (Å²) in [5, 5.41) is 3.19. The Bertz CT molecular complexity index is 538. The lowest BCUT2D eigenvalue weighted by molar-refractivity contribution is -0.131. The summed E-state index contributed by atoms with van der Waals surface area (Å²) in [6, 6.07) is 10.2. The maximum Gasteiger partial charge on any atom is 0.223 e. The standard InChI is InChI=1S/C22H35NO2/c1-6-25-20(17-10-8-7-9-11-17)15-23-21(24)19-14-22(4,5)13-12-18(19)16(2)3/h7-11,16,18-20H,6,12-15H2,1-5H3,(H,23,24). The summed E-state index contributed by atoms with van der Waals surface area (Å²) in [6.45, 7) is 12.2. The minimum Gasteiger partial charge on any atom is -0.372 e. The number of carbonyl (C=O) groups excluding carboxylic acids is 1. The molecule has 2 rings (SSSR count). The predicted molar refractivity (Wildman–Crippen MR) is 103 cm³/mol. The van der Waals surface area contributed by atoms with Crippen LogP contribution in [0.1, 0.15) is 65.5 Å². The molecular formula is C22H35NO2. The van der Waals surface area contributed by atoms with E-state index >= 15 is 0 Å². The summed E-state index contributed by atoms with van der Waals surface area (Å²) in [7, 11) is 0. The molecule has 1 aromatic carbocycles. The summed E-state index contributed by atoms with van der Waals surface area (Å²) in [5.41, 5.74) is 1.38. The molecule has 1 saturated carbocycles. The van der Waals surface area contributed by atoms with E-state index in [-0.39, 0.29) is 23.3 Å². The van der Waals surface area contributed by atoms with Gasteiger partial charge in [-0.25, -0.2) is 0 Å². The number of benzene rings is 1. The van der Waals surface area contributed by atoms with Crippen LogP contribution >= 0.6 is 0 Å². The predicted octanol–water partition coefficient (Wildman–Crippen LogP) is 4.98. The van der Waals surface area contributed by atoms with Crippen molar-refractivity contribution in [1.29, 1.82) is 0 Å². The Morgan fingerprint density at radius 2 is 1.96 bits per heavy atom. The van der Waals surface area contributed by atoms with Crippen molar-refractivity contribution >= 4 is 5.91 Å². The summed E-state index contributed by atoms with van der Waals surface area (Å²) in [6.07, 6.45) is 3.26. The highest BCUT2D eigenvalue weighted by Gasteiger charge is 2.39. The summed E-state index contributed by atoms with van der Waals surface area (Å²) in [5.74, 6) is 1.34. The Kier molecular flexibility index (Phi) is 7.06. The van der Waals surface area contributed by atoms with Crippen LogP contribution in [0, 0.1) is 23.2 Å². The van der Waals surface area contributed by atoms with Crippen molar-refractivity contribution in [1.82, 2.24) is 5.32 Å². The molecule has 3 atom stereocenters. The normalized spacial score (nSPS) is 24.1. The second kappa shape index (κ2) is 8.84. The number of hydrogen-bond acceptors (Lipinski definition) is 2. The smallest absolute Gasteiger partial charge is 0.223 e. The van der Waals surface area contributed by atoms with Crippen molar-refractivity contribution in [2.45, 2.75) is 60.0 Å². The van der Waals surface area contributed by atoms with Gasteiger partial charge >= 0.3 is 0 Å². The third-order valence-corrected chi connectivity index (χ3v) is 5.64. The molecule has 25 heavy (non-hydrogen) atoms. The van der Waals surface area contributed by atoms with Crippen LogP contribution in [0.2, 0.25) is 0 Å². The van der Waals surface area contributed by atoms with Crippen LogP contribution in [0.15, 0.2) is 30.3 Å². The molecular weight excluding hydrogens is 310 g/mol. The van der Waals surface area contributed by atoms with E-state index in [9.17, 15) is 4.79 Å². The Morgan fingerprint density at radius 3 is 2.56 bits per heavy atom. The van der Waals surface area contributed by atoms with E-state index in [1.54, 1.807) is 0 Å². The van der Waals surface area contributed by atoms with Crippen LogP contribution in [0.3, 0.4) is 0 Å². The van der Waals surface area contributed by atoms with E-state index in [0.29, 0.717) is 25.0 Å². The van der Waals surface area contributed by atoms with Crippen LogP contribution in [0.5, 0.6) is 0 Å². The van der Waals surface area contributed by atoms with Crippen LogP contribution in [0.25, 0.3) is 0 Å². The third kappa shape index (κ3) is 5.57. The maximum atomic E-state index is 13.0. The highest BCUT2D eigenvalue weighted by atomic mass is 16.5. The van der Waals surface area contributed by atoms with Crippen molar-refractivity contribution in [3.63, 3.8) is 0 Å². The molecule has 1 aliphatic rings. The van der Waals surface area contributed by atoms with Gasteiger partial charge in [-0.15, -0.1) is 0 Å². The Labute approximate surface area is 153 Å². The zero-order valence-corrected chi connectivity index (χ0v) is 16.5. The third-order valence-electron chi connectivity index (χ3n) is 5.64. The van der Waals surface area contributed by atoms with Gasteiger partial charge in [0.15, 0.2) is 0 Å². The van der Waals surface area contributed by atoms with Crippen LogP contribution < -0.4 is 5.32 Å². The highest BCUT2D eigenvalue weighted by molar-refractivity contribution is 5.79. The van der Waals surface area contributed by atoms with Gasteiger partial charge in [0.25, 0.3) is 0 Å². The zero-order chi connectivity index (χ0) is 18.4. The van der Waals surface area contributed by atoms with Gasteiger partial charge in [0.1, 0.15) is 0 Å². The summed E-state index contributed by atoms with van der Waals surface area (Å²) in [4.78, 5) is 13.0. The van der Waals surface area contributed by atoms with E-state index in [1.807, 2.05) is 25.1 Å². The van der Waals surface area contributed by atoms with E-state index < -0.39 is 0 Å². The van der Waals surface area contributed by atoms with Crippen molar-refractivity contribution in [3.05, 3.63) is 35.9 Å². The van der Waals surface area contributed by atoms with E-state index in [1.165, 1.54) is 6.42 Å². The minimum atomic E-state index is -0.0794. The van der Waals surface area contributed by atoms with Crippen molar-refractivity contribution in [2.75, 3.05) is 13.2 Å². The molecule has 1 fully saturated rings. The average molecular weight is 346 g/mol. The molecule has 1 N–H and O–H groups in total. The van der Waals surface area contributed by atoms with Crippen LogP contribution in [-0.2, 0) is 9.53 Å². The molecule has 0 aliphatic heterocycles. The summed E-state index contributed by atoms with van der Waals surface area (Å²) < 4.78 is 5.87. The fourth-order valence-corrected chi connectivity index (χ4v) is 4.16. The molecule has 1 aliphatic carbocycles. The first kappa shape index (κ1) is 20.0. The van der Waals surface area contributed by atoms with Gasteiger partial charge in [-0.05, 0) is 49.0 Å². The number of carbonyl (C=O) groups is 1. The first-order chi connectivity index (χ1) is 11.8. The van der Waals surface area contributed by atoms with E-state index in [0.717, 1.165) is 18.4 Å². The molecule has 0 spiro atoms. The monoisotopic (exact) mass is 345 g/mol. The van der Waals surface area contributed by atoms with Gasteiger partial charge < -0.3 is 10.1 Å². The van der Waals surface area contributed by atoms with Gasteiger partial charge in [-0.3, -0.25) is 4.79 Å². The summed E-state index contributed by atoms with van der Waals surface area (Å²) >= 11 is 0. The molecule has 0 bridgehead atoms. The number of hydrogen-bond donors (Lipinski definition) is 1. The second-order valence-electron chi connectivity index (χ2n) is 8.52. The number of amides is 1. The fraction of sp³-hybridized carbons (Fsp3) is 0.682. The molecule has 1 amide bonds. The fourth-order valence-electron chi connectivity index (χ4n) is 4.16. The topological polar surface area (TPSA) is 38.3 Å². The first-order valence-electron chi connectivity index (χ1n) is 9.78. The SMILES string of the molecule is CCOC(CNC(=O)C1CC(C)(C)CCC1C(C)C)c1ccccc1. The van der Waals surface area contributed by atoms with Gasteiger partial charge in [0.2, 0.25) is 5.91 Å². The molecule has 3 unspecified atom stereocenters. The average Bonchev–Trinajstić information content (AvgIpc) is 2.58. The zero-order valence-electron chi connectivity index (χ0n) is 16.5. The van der Waals surface area contributed by atoms with Crippen molar-refractivity contribution < 1.29 is 9.53 Å². The molecule has 140 valence electrons. The molecule has 0 heterocycles. The minimum absolute atomic E-state index is 0.0794. The lowest BCUT2D eigenvalue weighted by Crippen LogP contribution is -2.43. The first-order valence-corrected chi connectivity index (χ1v) is 9.78. The lowest BCUT2D eigenvalue weighted by atomic mass is 9.64. The molecule has 1 aromatic rings. The highest BCUT2D eigenvalue weighted by Crippen LogP contribution is 2.44. The molecule has 0 saturated heterocycles. The van der Waals surface area contributed by atoms with E-state index in [2.05, 4.69) is 45.1 Å². The maximum absolute atomic E-state index is 13.0. The molecule has 0 aromatic heterocycles. The number of ether oxygens (including phenoxy) is 1. The van der Waals surface area contributed by atoms with Gasteiger partial charge in [0, 0.05) is 19.1 Å². The van der Waals surface area contributed by atoms with Crippen molar-refractivity contribution in [3.8, 4) is 0 Å². The molecule has 3 heteroatoms. The van der Waals surface area contributed by atoms with Gasteiger partial charge in [-0.1, -0.05) is 58.0 Å². The number of nitrogens with one attached hydrogen (secondary N) is 1. The Balaban J connectivity index is 2.03. The lowest BCUT2D eigenvalue weighted by Gasteiger charge is -2.42. The van der Waals surface area contributed by atoms with Gasteiger partial charge in [-0.2, -0.15) is 0 Å². The Morgan fingerprint density at radius 1 is 1.28 bits per heavy atom. The second-order valence-corrected chi connectivity index (χ2v) is 8.52. The van der Waals surface area contributed by atoms with Crippen LogP contribution in [0.4, 0.5) is 0 Å². The van der Waals surface area contributed by atoms with Crippen LogP contribution in [-0.4, -0.2) is 19.1 Å². The van der Waals surface area contributed by atoms with Gasteiger partial charge in [0.05, 0.1) is 6.10 Å².